The Kier molecular flexibility index (Phi) is 8.30. The molecule has 1 aliphatic heterocycles. The molecule has 58 heavy (non-hydrogen) atoms. The lowest BCUT2D eigenvalue weighted by molar-refractivity contribution is 0.410. The van der Waals surface area contributed by atoms with Crippen molar-refractivity contribution in [2.45, 2.75) is 31.2 Å². The van der Waals surface area contributed by atoms with E-state index in [0.29, 0.717) is 0 Å². The zero-order chi connectivity index (χ0) is 38.6. The number of anilines is 2. The molecule has 7 aromatic carbocycles. The average Bonchev–Trinajstić information content (AvgIpc) is 3.99. The molecule has 8 aromatic rings. The fourth-order valence-electron chi connectivity index (χ4n) is 8.82. The lowest BCUT2D eigenvalue weighted by Crippen LogP contribution is -2.44. The molecule has 6 heteroatoms. The molecule has 3 N–H and O–H groups in total. The van der Waals surface area contributed by atoms with Crippen LogP contribution in [0.3, 0.4) is 0 Å². The van der Waals surface area contributed by atoms with Crippen LogP contribution in [0.25, 0.3) is 44.2 Å². The maximum Gasteiger partial charge on any atom is 0.136 e. The van der Waals surface area contributed by atoms with Crippen LogP contribution in [0.4, 0.5) is 11.4 Å². The first-order valence-electron chi connectivity index (χ1n) is 20.0. The van der Waals surface area contributed by atoms with Crippen LogP contribution in [0.15, 0.2) is 191 Å². The van der Waals surface area contributed by atoms with E-state index in [1.165, 1.54) is 11.1 Å². The molecule has 11 rings (SSSR count). The van der Waals surface area contributed by atoms with E-state index in [4.69, 9.17) is 9.41 Å². The number of allylic oxidation sites excluding steroid dienone is 2. The molecule has 0 spiro atoms. The van der Waals surface area contributed by atoms with Crippen LogP contribution in [-0.4, -0.2) is 17.0 Å². The van der Waals surface area contributed by atoms with E-state index in [1.54, 1.807) is 0 Å². The summed E-state index contributed by atoms with van der Waals surface area (Å²) >= 11 is 0. The fraction of sp³-hybridized carbons (Fsp3) is 0.0962. The van der Waals surface area contributed by atoms with Crippen LogP contribution in [0.1, 0.15) is 46.6 Å². The maximum absolute atomic E-state index is 11.9. The van der Waals surface area contributed by atoms with Gasteiger partial charge in [0.2, 0.25) is 0 Å². The van der Waals surface area contributed by atoms with Gasteiger partial charge in [0.25, 0.3) is 0 Å². The monoisotopic (exact) mass is 752 g/mol. The van der Waals surface area contributed by atoms with E-state index in [-0.39, 0.29) is 24.1 Å². The zero-order valence-corrected chi connectivity index (χ0v) is 31.7. The fourth-order valence-corrected chi connectivity index (χ4v) is 8.82. The number of phenols is 1. The molecule has 0 amide bonds. The minimum Gasteiger partial charge on any atom is -0.507 e. The van der Waals surface area contributed by atoms with Crippen molar-refractivity contribution in [3.05, 3.63) is 210 Å². The maximum atomic E-state index is 11.9. The number of hydrogen-bond acceptors (Lipinski definition) is 6. The lowest BCUT2D eigenvalue weighted by Gasteiger charge is -2.33. The zero-order valence-electron chi connectivity index (χ0n) is 31.7. The quantitative estimate of drug-likeness (QED) is 0.144. The van der Waals surface area contributed by atoms with Crippen molar-refractivity contribution in [3.63, 3.8) is 0 Å². The Hall–Kier alpha value is -7.15. The van der Waals surface area contributed by atoms with Crippen molar-refractivity contribution < 1.29 is 9.52 Å². The van der Waals surface area contributed by atoms with E-state index in [1.807, 2.05) is 42.5 Å². The van der Waals surface area contributed by atoms with E-state index in [9.17, 15) is 5.11 Å². The summed E-state index contributed by atoms with van der Waals surface area (Å²) in [5, 5.41) is 21.4. The van der Waals surface area contributed by atoms with Crippen molar-refractivity contribution >= 4 is 39.1 Å². The number of nitrogens with one attached hydrogen (secondary N) is 2. The summed E-state index contributed by atoms with van der Waals surface area (Å²) in [7, 11) is 0. The van der Waals surface area contributed by atoms with E-state index in [2.05, 4.69) is 155 Å². The van der Waals surface area contributed by atoms with Crippen LogP contribution in [0.5, 0.6) is 5.75 Å². The number of para-hydroxylation sites is 1. The highest BCUT2D eigenvalue weighted by atomic mass is 16.3. The Morgan fingerprint density at radius 1 is 0.672 bits per heavy atom. The van der Waals surface area contributed by atoms with Gasteiger partial charge < -0.3 is 19.7 Å². The van der Waals surface area contributed by atoms with Crippen molar-refractivity contribution in [2.75, 3.05) is 4.90 Å². The summed E-state index contributed by atoms with van der Waals surface area (Å²) in [4.78, 5) is 7.55. The van der Waals surface area contributed by atoms with E-state index < -0.39 is 0 Å². The third kappa shape index (κ3) is 6.06. The van der Waals surface area contributed by atoms with Crippen LogP contribution >= 0.6 is 0 Å². The van der Waals surface area contributed by atoms with Gasteiger partial charge >= 0.3 is 0 Å². The Bertz CT molecular complexity index is 2930. The van der Waals surface area contributed by atoms with E-state index >= 15 is 0 Å². The predicted molar refractivity (Wildman–Crippen MR) is 236 cm³/mol. The normalized spacial score (nSPS) is 18.1. The second-order valence-electron chi connectivity index (χ2n) is 15.3. The highest BCUT2D eigenvalue weighted by molar-refractivity contribution is 6.09. The number of rotatable bonds is 8. The van der Waals surface area contributed by atoms with Gasteiger partial charge in [-0.05, 0) is 88.7 Å². The Labute approximate surface area is 337 Å². The minimum atomic E-state index is -0.323. The molecule has 3 aliphatic rings. The van der Waals surface area contributed by atoms with Crippen molar-refractivity contribution in [2.24, 2.45) is 4.99 Å². The van der Waals surface area contributed by atoms with Crippen molar-refractivity contribution in [3.8, 4) is 28.0 Å². The van der Waals surface area contributed by atoms with Crippen molar-refractivity contribution in [1.82, 2.24) is 10.6 Å². The molecule has 6 nitrogen and oxygen atoms in total. The standard InChI is InChI=1S/C52H40N4O2/c57-45-32-39(56(37-18-9-3-10-19-37)38-20-11-4-12-21-38)26-29-41(45)48-40(27-24-35-30-44(35)48)36-25-28-42-47(31-36)58-46-23-13-22-43(49(42)46)52-54-50(33-14-5-1-6-15-33)53-51(55-52)34-16-7-2-8-17-34/h1-20,22-29,31-32,38,50,52,54,57H,21,30H2,(H,53,55). The topological polar surface area (TPSA) is 73.0 Å². The number of furan rings is 1. The van der Waals surface area contributed by atoms with Gasteiger partial charge in [0, 0.05) is 44.9 Å². The van der Waals surface area contributed by atoms with Gasteiger partial charge in [-0.1, -0.05) is 133 Å². The number of nitrogens with zero attached hydrogens (tertiary/aromatic N) is 2. The first-order valence-corrected chi connectivity index (χ1v) is 20.0. The average molecular weight is 753 g/mol. The number of aromatic hydroxyl groups is 1. The van der Waals surface area contributed by atoms with Crippen LogP contribution < -0.4 is 15.5 Å². The van der Waals surface area contributed by atoms with Crippen LogP contribution in [-0.2, 0) is 6.42 Å². The number of fused-ring (bicyclic) bond motifs is 4. The highest BCUT2D eigenvalue weighted by Gasteiger charge is 2.30. The van der Waals surface area contributed by atoms with Gasteiger partial charge in [0.1, 0.15) is 35.1 Å². The van der Waals surface area contributed by atoms with Crippen LogP contribution in [0, 0.1) is 0 Å². The van der Waals surface area contributed by atoms with Gasteiger partial charge in [0.15, 0.2) is 0 Å². The molecule has 0 saturated carbocycles. The summed E-state index contributed by atoms with van der Waals surface area (Å²) in [6.07, 6.45) is 9.96. The molecule has 2 heterocycles. The molecule has 0 saturated heterocycles. The molecule has 3 unspecified atom stereocenters. The number of benzene rings is 7. The highest BCUT2D eigenvalue weighted by Crippen LogP contribution is 2.49. The smallest absolute Gasteiger partial charge is 0.136 e. The molecule has 0 radical (unpaired) electrons. The minimum absolute atomic E-state index is 0.142. The summed E-state index contributed by atoms with van der Waals surface area (Å²) < 4.78 is 6.67. The summed E-state index contributed by atoms with van der Waals surface area (Å²) in [5.74, 6) is 1.11. The molecule has 280 valence electrons. The molecule has 3 atom stereocenters. The first-order chi connectivity index (χ1) is 28.7. The Balaban J connectivity index is 0.980. The van der Waals surface area contributed by atoms with Gasteiger partial charge in [-0.2, -0.15) is 0 Å². The van der Waals surface area contributed by atoms with Gasteiger partial charge in [-0.25, -0.2) is 4.99 Å². The second-order valence-corrected chi connectivity index (χ2v) is 15.3. The second kappa shape index (κ2) is 14.1. The summed E-state index contributed by atoms with van der Waals surface area (Å²) in [6, 6.07) is 54.6. The number of phenolic OH excluding ortho intramolecular Hbond substituents is 1. The van der Waals surface area contributed by atoms with Crippen LogP contribution in [0.2, 0.25) is 0 Å². The van der Waals surface area contributed by atoms with Crippen molar-refractivity contribution in [1.29, 1.82) is 0 Å². The molecule has 2 aliphatic carbocycles. The Morgan fingerprint density at radius 3 is 2.26 bits per heavy atom. The predicted octanol–water partition coefficient (Wildman–Crippen LogP) is 11.9. The summed E-state index contributed by atoms with van der Waals surface area (Å²) in [6.45, 7) is 0. The third-order valence-electron chi connectivity index (χ3n) is 11.7. The summed E-state index contributed by atoms with van der Waals surface area (Å²) in [5.41, 5.74) is 13.5. The third-order valence-corrected chi connectivity index (χ3v) is 11.7. The molecular formula is C52H40N4O2. The SMILES string of the molecule is Oc1cc(N(c2ccccc2)C2C=CC=CC2)ccc1-c1c(-c2ccc3c(c2)oc2cccc(C4N=C(c5ccccc5)NC(c5ccccc5)N4)c23)ccc2c1C2. The molecular weight excluding hydrogens is 713 g/mol. The lowest BCUT2D eigenvalue weighted by atomic mass is 9.92. The van der Waals surface area contributed by atoms with Gasteiger partial charge in [-0.15, -0.1) is 0 Å². The largest absolute Gasteiger partial charge is 0.507 e. The molecule has 0 bridgehead atoms. The number of amidine groups is 1. The van der Waals surface area contributed by atoms with E-state index in [0.717, 1.165) is 90.9 Å². The van der Waals surface area contributed by atoms with Gasteiger partial charge in [0.05, 0.1) is 6.04 Å². The Morgan fingerprint density at radius 2 is 1.47 bits per heavy atom. The number of aliphatic imine (C=N–C) groups is 1. The molecule has 1 aromatic heterocycles. The molecule has 0 fully saturated rings. The first kappa shape index (κ1) is 34.1. The number of hydrogen-bond donors (Lipinski definition) is 3. The van der Waals surface area contributed by atoms with Gasteiger partial charge in [-0.3, -0.25) is 5.32 Å².